The lowest BCUT2D eigenvalue weighted by atomic mass is 10.00. The predicted molar refractivity (Wildman–Crippen MR) is 83.2 cm³/mol. The first-order valence-corrected chi connectivity index (χ1v) is 7.21. The van der Waals surface area contributed by atoms with Gasteiger partial charge in [-0.3, -0.25) is 0 Å². The van der Waals surface area contributed by atoms with Crippen LogP contribution in [0.2, 0.25) is 0 Å². The van der Waals surface area contributed by atoms with Crippen molar-refractivity contribution in [3.8, 4) is 11.1 Å². The quantitative estimate of drug-likeness (QED) is 0.841. The molecule has 0 aromatic heterocycles. The lowest BCUT2D eigenvalue weighted by Crippen LogP contribution is -2.22. The summed E-state index contributed by atoms with van der Waals surface area (Å²) in [6.45, 7) is 6.82. The van der Waals surface area contributed by atoms with E-state index < -0.39 is 0 Å². The van der Waals surface area contributed by atoms with Gasteiger partial charge in [0.05, 0.1) is 0 Å². The standard InChI is InChI=1S/C18H22FN/c1-4-14-6-5-7-15(10-14)16-8-9-18(19)17(11-16)12-20-13(2)3/h5-11,13,20H,4,12H2,1-3H3. The Kier molecular flexibility index (Phi) is 4.91. The van der Waals surface area contributed by atoms with Crippen LogP contribution in [0, 0.1) is 5.82 Å². The van der Waals surface area contributed by atoms with Crippen molar-refractivity contribution in [2.45, 2.75) is 39.8 Å². The van der Waals surface area contributed by atoms with Gasteiger partial charge in [-0.2, -0.15) is 0 Å². The van der Waals surface area contributed by atoms with E-state index in [1.54, 1.807) is 6.07 Å². The lowest BCUT2D eigenvalue weighted by Gasteiger charge is -2.11. The molecule has 0 saturated heterocycles. The molecule has 1 nitrogen and oxygen atoms in total. The molecular weight excluding hydrogens is 249 g/mol. The van der Waals surface area contributed by atoms with Crippen LogP contribution in [0.3, 0.4) is 0 Å². The van der Waals surface area contributed by atoms with Gasteiger partial charge >= 0.3 is 0 Å². The maximum atomic E-state index is 13.8. The monoisotopic (exact) mass is 271 g/mol. The van der Waals surface area contributed by atoms with Gasteiger partial charge in [0.2, 0.25) is 0 Å². The molecule has 0 aliphatic rings. The molecule has 0 radical (unpaired) electrons. The van der Waals surface area contributed by atoms with Crippen molar-refractivity contribution in [2.75, 3.05) is 0 Å². The van der Waals surface area contributed by atoms with Gasteiger partial charge in [-0.15, -0.1) is 0 Å². The molecule has 20 heavy (non-hydrogen) atoms. The Bertz CT molecular complexity index is 575. The number of aryl methyl sites for hydroxylation is 1. The normalized spacial score (nSPS) is 11.1. The Morgan fingerprint density at radius 1 is 1.05 bits per heavy atom. The van der Waals surface area contributed by atoms with E-state index in [-0.39, 0.29) is 5.82 Å². The highest BCUT2D eigenvalue weighted by Crippen LogP contribution is 2.23. The largest absolute Gasteiger partial charge is 0.310 e. The Labute approximate surface area is 120 Å². The van der Waals surface area contributed by atoms with E-state index in [1.165, 1.54) is 5.56 Å². The smallest absolute Gasteiger partial charge is 0.127 e. The van der Waals surface area contributed by atoms with Crippen LogP contribution < -0.4 is 5.32 Å². The molecule has 2 aromatic carbocycles. The van der Waals surface area contributed by atoms with Crippen LogP contribution >= 0.6 is 0 Å². The molecule has 0 heterocycles. The van der Waals surface area contributed by atoms with Crippen LogP contribution in [-0.4, -0.2) is 6.04 Å². The average Bonchev–Trinajstić information content (AvgIpc) is 2.46. The third kappa shape index (κ3) is 3.67. The average molecular weight is 271 g/mol. The van der Waals surface area contributed by atoms with E-state index in [1.807, 2.05) is 12.1 Å². The SMILES string of the molecule is CCc1cccc(-c2ccc(F)c(CNC(C)C)c2)c1. The molecule has 0 spiro atoms. The van der Waals surface area contributed by atoms with Crippen LogP contribution in [0.15, 0.2) is 42.5 Å². The molecule has 0 aliphatic heterocycles. The molecule has 0 amide bonds. The summed E-state index contributed by atoms with van der Waals surface area (Å²) in [5, 5.41) is 3.26. The maximum absolute atomic E-state index is 13.8. The van der Waals surface area contributed by atoms with Crippen LogP contribution in [0.25, 0.3) is 11.1 Å². The minimum atomic E-state index is -0.145. The summed E-state index contributed by atoms with van der Waals surface area (Å²) in [4.78, 5) is 0. The second-order valence-corrected chi connectivity index (χ2v) is 5.40. The van der Waals surface area contributed by atoms with E-state index in [0.717, 1.165) is 23.1 Å². The van der Waals surface area contributed by atoms with Crippen molar-refractivity contribution in [1.29, 1.82) is 0 Å². The van der Waals surface area contributed by atoms with Crippen LogP contribution in [-0.2, 0) is 13.0 Å². The molecule has 2 heteroatoms. The summed E-state index contributed by atoms with van der Waals surface area (Å²) < 4.78 is 13.8. The number of nitrogens with one attached hydrogen (secondary N) is 1. The second kappa shape index (κ2) is 6.67. The van der Waals surface area contributed by atoms with Gasteiger partial charge in [0, 0.05) is 18.2 Å². The van der Waals surface area contributed by atoms with Crippen molar-refractivity contribution in [1.82, 2.24) is 5.32 Å². The summed E-state index contributed by atoms with van der Waals surface area (Å²) in [7, 11) is 0. The van der Waals surface area contributed by atoms with Gasteiger partial charge in [-0.05, 0) is 35.2 Å². The maximum Gasteiger partial charge on any atom is 0.127 e. The highest BCUT2D eigenvalue weighted by molar-refractivity contribution is 5.65. The van der Waals surface area contributed by atoms with Crippen molar-refractivity contribution in [3.05, 3.63) is 59.4 Å². The summed E-state index contributed by atoms with van der Waals surface area (Å²) in [6.07, 6.45) is 1.01. The van der Waals surface area contributed by atoms with E-state index in [4.69, 9.17) is 0 Å². The Balaban J connectivity index is 2.30. The minimum Gasteiger partial charge on any atom is -0.310 e. The molecular formula is C18H22FN. The number of hydrogen-bond donors (Lipinski definition) is 1. The Morgan fingerprint density at radius 3 is 2.50 bits per heavy atom. The molecule has 2 aromatic rings. The Morgan fingerprint density at radius 2 is 1.80 bits per heavy atom. The molecule has 106 valence electrons. The molecule has 1 N–H and O–H groups in total. The van der Waals surface area contributed by atoms with Gasteiger partial charge in [-0.25, -0.2) is 4.39 Å². The summed E-state index contributed by atoms with van der Waals surface area (Å²) in [5.74, 6) is -0.145. The van der Waals surface area contributed by atoms with E-state index >= 15 is 0 Å². The zero-order valence-electron chi connectivity index (χ0n) is 12.4. The first-order chi connectivity index (χ1) is 9.60. The van der Waals surface area contributed by atoms with Crippen LogP contribution in [0.1, 0.15) is 31.9 Å². The number of benzene rings is 2. The van der Waals surface area contributed by atoms with Gasteiger partial charge in [0.1, 0.15) is 5.82 Å². The zero-order chi connectivity index (χ0) is 14.5. The topological polar surface area (TPSA) is 12.0 Å². The van der Waals surface area contributed by atoms with Gasteiger partial charge in [-0.1, -0.05) is 51.1 Å². The van der Waals surface area contributed by atoms with Crippen molar-refractivity contribution in [3.63, 3.8) is 0 Å². The van der Waals surface area contributed by atoms with Crippen molar-refractivity contribution >= 4 is 0 Å². The van der Waals surface area contributed by atoms with Gasteiger partial charge in [0.15, 0.2) is 0 Å². The van der Waals surface area contributed by atoms with Gasteiger partial charge in [0.25, 0.3) is 0 Å². The fourth-order valence-electron chi connectivity index (χ4n) is 2.17. The molecule has 2 rings (SSSR count). The van der Waals surface area contributed by atoms with Crippen molar-refractivity contribution < 1.29 is 4.39 Å². The molecule has 0 unspecified atom stereocenters. The third-order valence-electron chi connectivity index (χ3n) is 3.42. The fourth-order valence-corrected chi connectivity index (χ4v) is 2.17. The highest BCUT2D eigenvalue weighted by atomic mass is 19.1. The lowest BCUT2D eigenvalue weighted by molar-refractivity contribution is 0.553. The summed E-state index contributed by atoms with van der Waals surface area (Å²) in [6, 6.07) is 14.1. The molecule has 0 bridgehead atoms. The first-order valence-electron chi connectivity index (χ1n) is 7.21. The van der Waals surface area contributed by atoms with Crippen LogP contribution in [0.5, 0.6) is 0 Å². The van der Waals surface area contributed by atoms with Gasteiger partial charge < -0.3 is 5.32 Å². The highest BCUT2D eigenvalue weighted by Gasteiger charge is 2.06. The minimum absolute atomic E-state index is 0.145. The van der Waals surface area contributed by atoms with E-state index in [2.05, 4.69) is 50.4 Å². The molecule has 0 saturated carbocycles. The van der Waals surface area contributed by atoms with E-state index in [0.29, 0.717) is 12.6 Å². The van der Waals surface area contributed by atoms with Crippen LogP contribution in [0.4, 0.5) is 4.39 Å². The molecule has 0 aliphatic carbocycles. The number of hydrogen-bond acceptors (Lipinski definition) is 1. The molecule has 0 fully saturated rings. The summed E-state index contributed by atoms with van der Waals surface area (Å²) in [5.41, 5.74) is 4.24. The number of rotatable bonds is 5. The predicted octanol–water partition coefficient (Wildman–Crippen LogP) is 4.55. The third-order valence-corrected chi connectivity index (χ3v) is 3.42. The summed E-state index contributed by atoms with van der Waals surface area (Å²) >= 11 is 0. The molecule has 0 atom stereocenters. The van der Waals surface area contributed by atoms with Crippen molar-refractivity contribution in [2.24, 2.45) is 0 Å². The van der Waals surface area contributed by atoms with E-state index in [9.17, 15) is 4.39 Å². The fraction of sp³-hybridized carbons (Fsp3) is 0.333. The number of halogens is 1. The zero-order valence-corrected chi connectivity index (χ0v) is 12.4. The Hall–Kier alpha value is -1.67. The first kappa shape index (κ1) is 14.7. The second-order valence-electron chi connectivity index (χ2n) is 5.40.